The maximum absolute atomic E-state index is 13.8. The molecule has 160 valence electrons. The van der Waals surface area contributed by atoms with Gasteiger partial charge in [-0.3, -0.25) is 0 Å². The first-order chi connectivity index (χ1) is 15.7. The minimum atomic E-state index is -0.333. The van der Waals surface area contributed by atoms with Crippen molar-refractivity contribution in [3.63, 3.8) is 0 Å². The van der Waals surface area contributed by atoms with Crippen molar-refractivity contribution in [3.05, 3.63) is 119 Å². The number of benzene rings is 3. The molecule has 1 atom stereocenters. The monoisotopic (exact) mass is 441 g/mol. The highest BCUT2D eigenvalue weighted by atomic mass is 35.5. The van der Waals surface area contributed by atoms with Crippen molar-refractivity contribution < 1.29 is 4.79 Å². The zero-order chi connectivity index (χ0) is 22.1. The Labute approximate surface area is 193 Å². The smallest absolute Gasteiger partial charge is 0.318 e. The fraction of sp³-hybridized carbons (Fsp3) is 0.148. The van der Waals surface area contributed by atoms with Gasteiger partial charge in [0.25, 0.3) is 0 Å². The van der Waals surface area contributed by atoms with Crippen LogP contribution in [0.25, 0.3) is 5.69 Å². The van der Waals surface area contributed by atoms with Crippen molar-refractivity contribution >= 4 is 23.3 Å². The number of carbonyl (C=O) groups excluding carboxylic acids is 1. The average molecular weight is 442 g/mol. The Morgan fingerprint density at radius 2 is 1.72 bits per heavy atom. The molecule has 0 saturated heterocycles. The molecule has 1 aliphatic rings. The minimum Gasteiger partial charge on any atom is -0.318 e. The largest absolute Gasteiger partial charge is 0.322 e. The van der Waals surface area contributed by atoms with Crippen LogP contribution >= 0.6 is 11.6 Å². The summed E-state index contributed by atoms with van der Waals surface area (Å²) in [5.74, 6) is 0. The molecule has 0 saturated carbocycles. The van der Waals surface area contributed by atoms with Crippen molar-refractivity contribution in [1.82, 2.24) is 9.47 Å². The number of carbonyl (C=O) groups is 1. The number of urea groups is 1. The molecule has 2 heterocycles. The van der Waals surface area contributed by atoms with E-state index in [1.54, 1.807) is 0 Å². The maximum atomic E-state index is 13.8. The molecular weight excluding hydrogens is 418 g/mol. The lowest BCUT2D eigenvalue weighted by atomic mass is 10.0. The number of para-hydroxylation sites is 2. The molecule has 1 aromatic heterocycles. The number of anilines is 1. The van der Waals surface area contributed by atoms with Crippen LogP contribution in [0.1, 0.15) is 35.3 Å². The maximum Gasteiger partial charge on any atom is 0.322 e. The van der Waals surface area contributed by atoms with E-state index in [2.05, 4.69) is 35.0 Å². The van der Waals surface area contributed by atoms with Gasteiger partial charge in [-0.2, -0.15) is 0 Å². The summed E-state index contributed by atoms with van der Waals surface area (Å²) in [4.78, 5) is 15.7. The number of aryl methyl sites for hydroxylation is 1. The number of fused-ring (bicyclic) bond motifs is 3. The SMILES string of the molecule is CCc1ccccc1NC(=O)N1Cc2ccccc2-n2cccc2[C@@H]1c1ccccc1Cl. The summed E-state index contributed by atoms with van der Waals surface area (Å²) in [5.41, 5.74) is 6.01. The van der Waals surface area contributed by atoms with Crippen LogP contribution in [0.15, 0.2) is 91.1 Å². The number of aromatic nitrogens is 1. The molecule has 5 heteroatoms. The second-order valence-electron chi connectivity index (χ2n) is 7.92. The van der Waals surface area contributed by atoms with Gasteiger partial charge in [0.15, 0.2) is 0 Å². The van der Waals surface area contributed by atoms with Gasteiger partial charge in [-0.25, -0.2) is 4.79 Å². The Bertz CT molecular complexity index is 1280. The van der Waals surface area contributed by atoms with Gasteiger partial charge in [-0.1, -0.05) is 73.1 Å². The number of hydrogen-bond acceptors (Lipinski definition) is 1. The fourth-order valence-corrected chi connectivity index (χ4v) is 4.74. The van der Waals surface area contributed by atoms with Crippen LogP contribution in [0.2, 0.25) is 5.02 Å². The highest BCUT2D eigenvalue weighted by molar-refractivity contribution is 6.31. The third kappa shape index (κ3) is 3.57. The molecule has 0 spiro atoms. The zero-order valence-corrected chi connectivity index (χ0v) is 18.6. The Balaban J connectivity index is 1.65. The van der Waals surface area contributed by atoms with E-state index in [1.807, 2.05) is 77.8 Å². The van der Waals surface area contributed by atoms with Crippen molar-refractivity contribution in [2.45, 2.75) is 25.9 Å². The third-order valence-electron chi connectivity index (χ3n) is 6.06. The fourth-order valence-electron chi connectivity index (χ4n) is 4.50. The predicted molar refractivity (Wildman–Crippen MR) is 129 cm³/mol. The molecule has 3 aromatic carbocycles. The number of nitrogens with one attached hydrogen (secondary N) is 1. The number of amides is 2. The number of halogens is 1. The Kier molecular flexibility index (Phi) is 5.46. The van der Waals surface area contributed by atoms with Gasteiger partial charge in [-0.15, -0.1) is 0 Å². The molecule has 0 unspecified atom stereocenters. The number of rotatable bonds is 3. The van der Waals surface area contributed by atoms with Crippen LogP contribution in [0.4, 0.5) is 10.5 Å². The molecule has 5 rings (SSSR count). The molecule has 1 aliphatic heterocycles. The number of hydrogen-bond donors (Lipinski definition) is 1. The van der Waals surface area contributed by atoms with Crippen molar-refractivity contribution in [2.75, 3.05) is 5.32 Å². The van der Waals surface area contributed by atoms with Crippen LogP contribution in [0, 0.1) is 0 Å². The van der Waals surface area contributed by atoms with Gasteiger partial charge in [-0.05, 0) is 53.4 Å². The lowest BCUT2D eigenvalue weighted by Crippen LogP contribution is -2.38. The van der Waals surface area contributed by atoms with Gasteiger partial charge in [0.2, 0.25) is 0 Å². The van der Waals surface area contributed by atoms with Gasteiger partial charge in [0.1, 0.15) is 6.04 Å². The van der Waals surface area contributed by atoms with E-state index in [0.717, 1.165) is 40.2 Å². The Morgan fingerprint density at radius 3 is 2.56 bits per heavy atom. The number of nitrogens with zero attached hydrogens (tertiary/aromatic N) is 2. The average Bonchev–Trinajstić information content (AvgIpc) is 3.24. The molecule has 32 heavy (non-hydrogen) atoms. The van der Waals surface area contributed by atoms with E-state index in [1.165, 1.54) is 0 Å². The first-order valence-corrected chi connectivity index (χ1v) is 11.2. The van der Waals surface area contributed by atoms with E-state index < -0.39 is 0 Å². The van der Waals surface area contributed by atoms with Gasteiger partial charge in [0.05, 0.1) is 17.9 Å². The molecule has 0 radical (unpaired) electrons. The van der Waals surface area contributed by atoms with Crippen LogP contribution in [0.3, 0.4) is 0 Å². The summed E-state index contributed by atoms with van der Waals surface area (Å²) < 4.78 is 2.16. The first-order valence-electron chi connectivity index (χ1n) is 10.8. The zero-order valence-electron chi connectivity index (χ0n) is 17.8. The van der Waals surface area contributed by atoms with Crippen LogP contribution in [0.5, 0.6) is 0 Å². The lowest BCUT2D eigenvalue weighted by molar-refractivity contribution is 0.194. The minimum absolute atomic E-state index is 0.153. The summed E-state index contributed by atoms with van der Waals surface area (Å²) in [6.45, 7) is 2.56. The van der Waals surface area contributed by atoms with E-state index in [0.29, 0.717) is 11.6 Å². The second-order valence-corrected chi connectivity index (χ2v) is 8.33. The summed E-state index contributed by atoms with van der Waals surface area (Å²) in [6.07, 6.45) is 2.89. The summed E-state index contributed by atoms with van der Waals surface area (Å²) in [6, 6.07) is 27.5. The molecule has 4 nitrogen and oxygen atoms in total. The van der Waals surface area contributed by atoms with Gasteiger partial charge in [0, 0.05) is 16.9 Å². The lowest BCUT2D eigenvalue weighted by Gasteiger charge is -2.31. The van der Waals surface area contributed by atoms with Gasteiger partial charge >= 0.3 is 6.03 Å². The molecule has 1 N–H and O–H groups in total. The van der Waals surface area contributed by atoms with Crippen molar-refractivity contribution in [1.29, 1.82) is 0 Å². The summed E-state index contributed by atoms with van der Waals surface area (Å²) >= 11 is 6.67. The first kappa shape index (κ1) is 20.4. The van der Waals surface area contributed by atoms with Crippen molar-refractivity contribution in [2.24, 2.45) is 0 Å². The van der Waals surface area contributed by atoms with Crippen LogP contribution in [-0.4, -0.2) is 15.5 Å². The molecule has 4 aromatic rings. The molecule has 0 fully saturated rings. The van der Waals surface area contributed by atoms with Crippen LogP contribution in [-0.2, 0) is 13.0 Å². The van der Waals surface area contributed by atoms with Gasteiger partial charge < -0.3 is 14.8 Å². The highest BCUT2D eigenvalue weighted by Gasteiger charge is 2.34. The summed E-state index contributed by atoms with van der Waals surface area (Å²) in [7, 11) is 0. The Hall–Kier alpha value is -3.50. The predicted octanol–water partition coefficient (Wildman–Crippen LogP) is 6.83. The van der Waals surface area contributed by atoms with E-state index in [-0.39, 0.29) is 12.1 Å². The standard InChI is InChI=1S/C27H24ClN3O/c1-2-19-10-3-7-14-23(19)29-27(32)31-18-20-11-4-8-15-24(20)30-17-9-16-25(30)26(31)21-12-5-6-13-22(21)28/h3-17,26H,2,18H2,1H3,(H,29,32)/t26-/m0/s1. The quantitative estimate of drug-likeness (QED) is 0.371. The second kappa shape index (κ2) is 8.56. The molecular formula is C27H24ClN3O. The van der Waals surface area contributed by atoms with Crippen LogP contribution < -0.4 is 5.32 Å². The van der Waals surface area contributed by atoms with E-state index in [9.17, 15) is 4.79 Å². The molecule has 0 aliphatic carbocycles. The molecule has 2 amide bonds. The molecule has 0 bridgehead atoms. The normalized spacial score (nSPS) is 14.9. The summed E-state index contributed by atoms with van der Waals surface area (Å²) in [5, 5.41) is 3.81. The van der Waals surface area contributed by atoms with Crippen molar-refractivity contribution in [3.8, 4) is 5.69 Å². The van der Waals surface area contributed by atoms with E-state index >= 15 is 0 Å². The highest BCUT2D eigenvalue weighted by Crippen LogP contribution is 2.39. The topological polar surface area (TPSA) is 37.3 Å². The Morgan fingerprint density at radius 1 is 0.969 bits per heavy atom. The third-order valence-corrected chi connectivity index (χ3v) is 6.41. The van der Waals surface area contributed by atoms with E-state index in [4.69, 9.17) is 11.6 Å².